The van der Waals surface area contributed by atoms with Gasteiger partial charge in [-0.1, -0.05) is 0 Å². The zero-order valence-electron chi connectivity index (χ0n) is 20.1. The van der Waals surface area contributed by atoms with Crippen LogP contribution in [-0.4, -0.2) is 45.3 Å². The van der Waals surface area contributed by atoms with E-state index in [1.165, 1.54) is 0 Å². The minimum atomic E-state index is -0.492. The Balaban J connectivity index is 1.64. The standard InChI is InChI=1S/C22H38BN3O4/c1-15-17(23-29-20(5,6)21(7,8)30-23)14-24-26(15)16-10-12-22(9,13-11-16)25-18(27)28-19(2,3)4/h14,16H,10-13H2,1-9H3,(H,25,27)/t16-,22+. The summed E-state index contributed by atoms with van der Waals surface area (Å²) in [6.07, 6.45) is 5.17. The summed E-state index contributed by atoms with van der Waals surface area (Å²) in [6.45, 7) is 18.1. The highest BCUT2D eigenvalue weighted by molar-refractivity contribution is 6.62. The highest BCUT2D eigenvalue weighted by atomic mass is 16.7. The second kappa shape index (κ2) is 7.55. The van der Waals surface area contributed by atoms with Crippen LogP contribution >= 0.6 is 0 Å². The first-order chi connectivity index (χ1) is 13.6. The summed E-state index contributed by atoms with van der Waals surface area (Å²) in [4.78, 5) is 12.2. The fourth-order valence-electron chi connectivity index (χ4n) is 4.17. The fourth-order valence-corrected chi connectivity index (χ4v) is 4.17. The van der Waals surface area contributed by atoms with Crippen LogP contribution < -0.4 is 10.8 Å². The van der Waals surface area contributed by atoms with Gasteiger partial charge in [0.05, 0.1) is 17.2 Å². The maximum atomic E-state index is 12.2. The van der Waals surface area contributed by atoms with Crippen LogP contribution in [0.3, 0.4) is 0 Å². The molecule has 2 fully saturated rings. The van der Waals surface area contributed by atoms with E-state index in [0.717, 1.165) is 36.8 Å². The summed E-state index contributed by atoms with van der Waals surface area (Å²) in [5.41, 5.74) is 0.594. The van der Waals surface area contributed by atoms with Crippen molar-refractivity contribution in [1.29, 1.82) is 0 Å². The van der Waals surface area contributed by atoms with Crippen molar-refractivity contribution in [2.75, 3.05) is 0 Å². The largest absolute Gasteiger partial charge is 0.498 e. The second-order valence-electron chi connectivity index (χ2n) is 11.1. The lowest BCUT2D eigenvalue weighted by atomic mass is 9.78. The van der Waals surface area contributed by atoms with Crippen LogP contribution in [0.1, 0.15) is 92.8 Å². The Morgan fingerprint density at radius 2 is 1.70 bits per heavy atom. The molecule has 0 unspecified atom stereocenters. The Morgan fingerprint density at radius 1 is 1.17 bits per heavy atom. The predicted molar refractivity (Wildman–Crippen MR) is 118 cm³/mol. The lowest BCUT2D eigenvalue weighted by Gasteiger charge is -2.38. The third kappa shape index (κ3) is 4.69. The molecule has 168 valence electrons. The molecule has 1 aromatic heterocycles. The van der Waals surface area contributed by atoms with Crippen molar-refractivity contribution in [3.05, 3.63) is 11.9 Å². The second-order valence-corrected chi connectivity index (χ2v) is 11.1. The van der Waals surface area contributed by atoms with Crippen LogP contribution in [0.5, 0.6) is 0 Å². The third-order valence-electron chi connectivity index (χ3n) is 6.80. The van der Waals surface area contributed by atoms with E-state index < -0.39 is 12.7 Å². The van der Waals surface area contributed by atoms with Gasteiger partial charge in [0.1, 0.15) is 5.60 Å². The minimum Gasteiger partial charge on any atom is -0.444 e. The van der Waals surface area contributed by atoms with E-state index in [0.29, 0.717) is 6.04 Å². The van der Waals surface area contributed by atoms with Crippen LogP contribution in [0.2, 0.25) is 0 Å². The topological polar surface area (TPSA) is 74.6 Å². The highest BCUT2D eigenvalue weighted by Gasteiger charge is 2.52. The van der Waals surface area contributed by atoms with E-state index in [-0.39, 0.29) is 22.8 Å². The van der Waals surface area contributed by atoms with Gasteiger partial charge >= 0.3 is 13.2 Å². The molecule has 3 rings (SSSR count). The SMILES string of the molecule is Cc1c(B2OC(C)(C)C(C)(C)O2)cnn1[C@H]1CC[C@@](C)(NC(=O)OC(C)(C)C)CC1. The molecule has 7 nitrogen and oxygen atoms in total. The zero-order chi connectivity index (χ0) is 22.5. The number of aromatic nitrogens is 2. The first-order valence-electron chi connectivity index (χ1n) is 11.0. The number of alkyl carbamates (subject to hydrolysis) is 1. The van der Waals surface area contributed by atoms with Crippen molar-refractivity contribution >= 4 is 18.7 Å². The van der Waals surface area contributed by atoms with Gasteiger partial charge in [-0.2, -0.15) is 5.10 Å². The molecule has 0 aromatic carbocycles. The number of nitrogens with one attached hydrogen (secondary N) is 1. The Bertz CT molecular complexity index is 773. The molecule has 0 radical (unpaired) electrons. The molecular weight excluding hydrogens is 381 g/mol. The molecule has 1 aliphatic heterocycles. The minimum absolute atomic E-state index is 0.256. The molecule has 1 amide bonds. The van der Waals surface area contributed by atoms with E-state index in [2.05, 4.69) is 56.6 Å². The van der Waals surface area contributed by atoms with E-state index in [4.69, 9.17) is 14.0 Å². The van der Waals surface area contributed by atoms with Gasteiger partial charge < -0.3 is 19.4 Å². The van der Waals surface area contributed by atoms with Crippen molar-refractivity contribution in [3.63, 3.8) is 0 Å². The molecule has 1 saturated carbocycles. The van der Waals surface area contributed by atoms with Gasteiger partial charge in [0.2, 0.25) is 0 Å². The van der Waals surface area contributed by atoms with Crippen LogP contribution in [0, 0.1) is 6.92 Å². The summed E-state index contributed by atoms with van der Waals surface area (Å²) in [6, 6.07) is 0.301. The average Bonchev–Trinajstić information content (AvgIpc) is 3.03. The van der Waals surface area contributed by atoms with Crippen molar-refractivity contribution in [1.82, 2.24) is 15.1 Å². The van der Waals surface area contributed by atoms with Gasteiger partial charge in [0.25, 0.3) is 0 Å². The number of nitrogens with zero attached hydrogens (tertiary/aromatic N) is 2. The fraction of sp³-hybridized carbons (Fsp3) is 0.818. The predicted octanol–water partition coefficient (Wildman–Crippen LogP) is 3.89. The molecule has 0 spiro atoms. The van der Waals surface area contributed by atoms with Crippen molar-refractivity contribution < 1.29 is 18.8 Å². The van der Waals surface area contributed by atoms with Crippen molar-refractivity contribution in [2.24, 2.45) is 0 Å². The average molecular weight is 419 g/mol. The van der Waals surface area contributed by atoms with E-state index in [9.17, 15) is 4.79 Å². The van der Waals surface area contributed by atoms with E-state index >= 15 is 0 Å². The molecule has 2 aliphatic rings. The first kappa shape index (κ1) is 23.1. The van der Waals surface area contributed by atoms with Gasteiger partial charge in [0, 0.05) is 22.9 Å². The van der Waals surface area contributed by atoms with Gasteiger partial charge in [-0.3, -0.25) is 4.68 Å². The highest BCUT2D eigenvalue weighted by Crippen LogP contribution is 2.38. The molecule has 0 bridgehead atoms. The Morgan fingerprint density at radius 3 is 2.20 bits per heavy atom. The zero-order valence-corrected chi connectivity index (χ0v) is 20.1. The van der Waals surface area contributed by atoms with Gasteiger partial charge in [-0.05, 0) is 88.0 Å². The maximum absolute atomic E-state index is 12.2. The number of carbonyl (C=O) groups is 1. The van der Waals surface area contributed by atoms with Gasteiger partial charge in [-0.25, -0.2) is 4.79 Å². The number of hydrogen-bond donors (Lipinski definition) is 1. The normalized spacial score (nSPS) is 28.4. The molecule has 1 saturated heterocycles. The van der Waals surface area contributed by atoms with Gasteiger partial charge in [0.15, 0.2) is 0 Å². The third-order valence-corrected chi connectivity index (χ3v) is 6.80. The molecule has 1 N–H and O–H groups in total. The Labute approximate surface area is 181 Å². The maximum Gasteiger partial charge on any atom is 0.498 e. The molecule has 2 heterocycles. The summed E-state index contributed by atoms with van der Waals surface area (Å²) in [5, 5.41) is 7.76. The quantitative estimate of drug-likeness (QED) is 0.753. The molecule has 8 heteroatoms. The molecule has 1 aromatic rings. The summed E-state index contributed by atoms with van der Waals surface area (Å²) in [7, 11) is -0.397. The smallest absolute Gasteiger partial charge is 0.444 e. The van der Waals surface area contributed by atoms with Crippen molar-refractivity contribution in [2.45, 2.75) is 116 Å². The monoisotopic (exact) mass is 419 g/mol. The molecule has 1 aliphatic carbocycles. The van der Waals surface area contributed by atoms with Gasteiger partial charge in [-0.15, -0.1) is 0 Å². The number of rotatable bonds is 3. The molecule has 0 atom stereocenters. The first-order valence-corrected chi connectivity index (χ1v) is 11.0. The van der Waals surface area contributed by atoms with Crippen molar-refractivity contribution in [3.8, 4) is 0 Å². The summed E-state index contributed by atoms with van der Waals surface area (Å²) in [5.74, 6) is 0. The lowest BCUT2D eigenvalue weighted by molar-refractivity contribution is 0.00578. The van der Waals surface area contributed by atoms with Crippen LogP contribution in [0.25, 0.3) is 0 Å². The molecular formula is C22H38BN3O4. The van der Waals surface area contributed by atoms with Crippen LogP contribution in [0.15, 0.2) is 6.20 Å². The van der Waals surface area contributed by atoms with E-state index in [1.54, 1.807) is 0 Å². The van der Waals surface area contributed by atoms with Crippen LogP contribution in [0.4, 0.5) is 4.79 Å². The van der Waals surface area contributed by atoms with Crippen LogP contribution in [-0.2, 0) is 14.0 Å². The number of hydrogen-bond acceptors (Lipinski definition) is 5. The summed E-state index contributed by atoms with van der Waals surface area (Å²) < 4.78 is 20.0. The summed E-state index contributed by atoms with van der Waals surface area (Å²) >= 11 is 0. The number of ether oxygens (including phenoxy) is 1. The molecule has 30 heavy (non-hydrogen) atoms. The lowest BCUT2D eigenvalue weighted by Crippen LogP contribution is -2.50. The number of carbonyl (C=O) groups excluding carboxylic acids is 1. The Kier molecular flexibility index (Phi) is 5.82. The number of amides is 1. The van der Waals surface area contributed by atoms with E-state index in [1.807, 2.05) is 27.0 Å². The Hall–Kier alpha value is -1.54.